The summed E-state index contributed by atoms with van der Waals surface area (Å²) in [6.07, 6.45) is 3.41. The summed E-state index contributed by atoms with van der Waals surface area (Å²) in [5.41, 5.74) is 5.73. The van der Waals surface area contributed by atoms with Gasteiger partial charge >= 0.3 is 0 Å². The van der Waals surface area contributed by atoms with Crippen LogP contribution in [0.15, 0.2) is 98.4 Å². The van der Waals surface area contributed by atoms with Crippen LogP contribution in [0.25, 0.3) is 22.7 Å². The van der Waals surface area contributed by atoms with Gasteiger partial charge in [0, 0.05) is 4.48 Å². The van der Waals surface area contributed by atoms with Crippen LogP contribution >= 0.6 is 27.7 Å². The van der Waals surface area contributed by atoms with E-state index in [1.807, 2.05) is 79.7 Å². The first kappa shape index (κ1) is 23.7. The van der Waals surface area contributed by atoms with Gasteiger partial charge in [0.2, 0.25) is 0 Å². The van der Waals surface area contributed by atoms with Crippen molar-refractivity contribution >= 4 is 56.8 Å². The van der Waals surface area contributed by atoms with Gasteiger partial charge in [0.1, 0.15) is 0 Å². The molecule has 1 N–H and O–H groups in total. The molecule has 8 heteroatoms. The van der Waals surface area contributed by atoms with E-state index in [1.165, 1.54) is 18.0 Å². The topological polar surface area (TPSA) is 76.3 Å². The summed E-state index contributed by atoms with van der Waals surface area (Å²) in [6.45, 7) is 1.99. The number of rotatable bonds is 7. The molecule has 34 heavy (non-hydrogen) atoms. The molecule has 0 spiro atoms. The van der Waals surface area contributed by atoms with Crippen molar-refractivity contribution in [1.29, 1.82) is 0 Å². The second-order valence-corrected chi connectivity index (χ2v) is 9.27. The number of nitrogens with one attached hydrogen (secondary N) is 1. The Morgan fingerprint density at radius 3 is 2.53 bits per heavy atom. The smallest absolute Gasteiger partial charge is 0.266 e. The third-order valence-corrected chi connectivity index (χ3v) is 6.22. The Kier molecular flexibility index (Phi) is 7.72. The SMILES string of the molecule is Cc1ccc(-n2c(SCC(=O)NN=CC(Br)=Cc3ccccc3)nc3ccccc3c2=O)cc1. The monoisotopic (exact) mass is 532 g/mol. The zero-order valence-electron chi connectivity index (χ0n) is 18.3. The molecule has 0 aliphatic carbocycles. The summed E-state index contributed by atoms with van der Waals surface area (Å²) in [7, 11) is 0. The lowest BCUT2D eigenvalue weighted by atomic mass is 10.2. The summed E-state index contributed by atoms with van der Waals surface area (Å²) in [5.74, 6) is -0.257. The normalized spacial score (nSPS) is 11.8. The quantitative estimate of drug-likeness (QED) is 0.151. The van der Waals surface area contributed by atoms with E-state index in [-0.39, 0.29) is 17.2 Å². The minimum atomic E-state index is -0.306. The molecule has 1 aromatic heterocycles. The Morgan fingerprint density at radius 2 is 1.76 bits per heavy atom. The number of thioether (sulfide) groups is 1. The van der Waals surface area contributed by atoms with Crippen LogP contribution in [0.4, 0.5) is 0 Å². The first-order chi connectivity index (χ1) is 16.5. The molecule has 1 amide bonds. The number of halogens is 1. The molecule has 4 aromatic rings. The molecule has 170 valence electrons. The molecular weight excluding hydrogens is 512 g/mol. The third kappa shape index (κ3) is 5.89. The van der Waals surface area contributed by atoms with Gasteiger partial charge in [0.15, 0.2) is 5.16 Å². The summed E-state index contributed by atoms with van der Waals surface area (Å²) < 4.78 is 2.26. The fourth-order valence-electron chi connectivity index (χ4n) is 3.20. The van der Waals surface area contributed by atoms with Gasteiger partial charge in [-0.15, -0.1) is 0 Å². The van der Waals surface area contributed by atoms with Gasteiger partial charge in [-0.3, -0.25) is 14.2 Å². The Bertz CT molecular complexity index is 1430. The first-order valence-electron chi connectivity index (χ1n) is 10.5. The molecule has 0 radical (unpaired) electrons. The predicted molar refractivity (Wildman–Crippen MR) is 143 cm³/mol. The standard InChI is InChI=1S/C26H21BrN4O2S/c1-18-11-13-21(14-12-18)31-25(33)22-9-5-6-10-23(22)29-26(31)34-17-24(32)30-28-16-20(27)15-19-7-3-2-4-8-19/h2-16H,17H2,1H3,(H,30,32). The summed E-state index contributed by atoms with van der Waals surface area (Å²) in [6, 6.07) is 24.6. The predicted octanol–water partition coefficient (Wildman–Crippen LogP) is 5.32. The number of fused-ring (bicyclic) bond motifs is 1. The molecule has 0 saturated carbocycles. The Labute approximate surface area is 209 Å². The molecule has 0 aliphatic rings. The minimum Gasteiger partial charge on any atom is -0.272 e. The van der Waals surface area contributed by atoms with Crippen LogP contribution in [-0.2, 0) is 4.79 Å². The van der Waals surface area contributed by atoms with Crippen LogP contribution in [0.3, 0.4) is 0 Å². The lowest BCUT2D eigenvalue weighted by Gasteiger charge is -2.13. The van der Waals surface area contributed by atoms with Crippen molar-refractivity contribution < 1.29 is 4.79 Å². The number of allylic oxidation sites excluding steroid dienone is 1. The molecule has 0 atom stereocenters. The fourth-order valence-corrected chi connectivity index (χ4v) is 4.38. The van der Waals surface area contributed by atoms with Crippen LogP contribution in [0, 0.1) is 6.92 Å². The minimum absolute atomic E-state index is 0.0496. The van der Waals surface area contributed by atoms with E-state index < -0.39 is 0 Å². The van der Waals surface area contributed by atoms with E-state index in [0.717, 1.165) is 15.6 Å². The fraction of sp³-hybridized carbons (Fsp3) is 0.0769. The number of amides is 1. The van der Waals surface area contributed by atoms with Crippen LogP contribution < -0.4 is 11.0 Å². The summed E-state index contributed by atoms with van der Waals surface area (Å²) in [5, 5.41) is 4.96. The lowest BCUT2D eigenvalue weighted by molar-refractivity contribution is -0.118. The molecule has 3 aromatic carbocycles. The number of aromatic nitrogens is 2. The average Bonchev–Trinajstić information content (AvgIpc) is 2.84. The number of carbonyl (C=O) groups is 1. The van der Waals surface area contributed by atoms with Gasteiger partial charge in [-0.25, -0.2) is 10.4 Å². The maximum atomic E-state index is 13.3. The maximum absolute atomic E-state index is 13.3. The molecule has 1 heterocycles. The van der Waals surface area contributed by atoms with Gasteiger partial charge in [-0.05, 0) is 58.8 Å². The number of aryl methyl sites for hydroxylation is 1. The number of nitrogens with zero attached hydrogens (tertiary/aromatic N) is 3. The maximum Gasteiger partial charge on any atom is 0.266 e. The van der Waals surface area contributed by atoms with Crippen molar-refractivity contribution in [3.05, 3.63) is 105 Å². The van der Waals surface area contributed by atoms with Gasteiger partial charge in [-0.1, -0.05) is 71.9 Å². The average molecular weight is 533 g/mol. The molecule has 0 saturated heterocycles. The van der Waals surface area contributed by atoms with Crippen LogP contribution in [-0.4, -0.2) is 27.4 Å². The van der Waals surface area contributed by atoms with Crippen LogP contribution in [0.1, 0.15) is 11.1 Å². The van der Waals surface area contributed by atoms with Crippen molar-refractivity contribution in [3.8, 4) is 5.69 Å². The highest BCUT2D eigenvalue weighted by atomic mass is 79.9. The Morgan fingerprint density at radius 1 is 1.06 bits per heavy atom. The van der Waals surface area contributed by atoms with Gasteiger partial charge in [-0.2, -0.15) is 5.10 Å². The van der Waals surface area contributed by atoms with E-state index in [9.17, 15) is 9.59 Å². The zero-order valence-corrected chi connectivity index (χ0v) is 20.7. The third-order valence-electron chi connectivity index (χ3n) is 4.85. The number of carbonyl (C=O) groups excluding carboxylic acids is 1. The molecule has 0 bridgehead atoms. The van der Waals surface area contributed by atoms with Gasteiger partial charge < -0.3 is 0 Å². The van der Waals surface area contributed by atoms with Gasteiger partial charge in [0.05, 0.1) is 28.6 Å². The highest BCUT2D eigenvalue weighted by Crippen LogP contribution is 2.21. The largest absolute Gasteiger partial charge is 0.272 e. The van der Waals surface area contributed by atoms with Crippen LogP contribution in [0.2, 0.25) is 0 Å². The van der Waals surface area contributed by atoms with Crippen molar-refractivity contribution in [2.24, 2.45) is 5.10 Å². The number of benzene rings is 3. The van der Waals surface area contributed by atoms with Crippen LogP contribution in [0.5, 0.6) is 0 Å². The van der Waals surface area contributed by atoms with Gasteiger partial charge in [0.25, 0.3) is 11.5 Å². The van der Waals surface area contributed by atoms with Crippen molar-refractivity contribution in [3.63, 3.8) is 0 Å². The van der Waals surface area contributed by atoms with Crippen molar-refractivity contribution in [2.75, 3.05) is 5.75 Å². The second-order valence-electron chi connectivity index (χ2n) is 7.41. The Hall–Kier alpha value is -3.49. The first-order valence-corrected chi connectivity index (χ1v) is 12.2. The molecule has 6 nitrogen and oxygen atoms in total. The van der Waals surface area contributed by atoms with Crippen molar-refractivity contribution in [1.82, 2.24) is 15.0 Å². The molecule has 0 fully saturated rings. The highest BCUT2D eigenvalue weighted by Gasteiger charge is 2.14. The number of para-hydroxylation sites is 1. The van der Waals surface area contributed by atoms with Crippen molar-refractivity contribution in [2.45, 2.75) is 12.1 Å². The zero-order chi connectivity index (χ0) is 23.9. The summed E-state index contributed by atoms with van der Waals surface area (Å²) >= 11 is 4.60. The highest BCUT2D eigenvalue weighted by molar-refractivity contribution is 9.12. The number of hydrogen-bond acceptors (Lipinski definition) is 5. The van der Waals surface area contributed by atoms with E-state index >= 15 is 0 Å². The molecule has 4 rings (SSSR count). The van der Waals surface area contributed by atoms with E-state index in [2.05, 4.69) is 31.4 Å². The number of hydrazone groups is 1. The van der Waals surface area contributed by atoms with E-state index in [1.54, 1.807) is 16.7 Å². The Balaban J connectivity index is 1.51. The number of hydrogen-bond donors (Lipinski definition) is 1. The molecule has 0 aliphatic heterocycles. The second kappa shape index (κ2) is 11.1. The molecular formula is C26H21BrN4O2S. The summed E-state index contributed by atoms with van der Waals surface area (Å²) in [4.78, 5) is 30.3. The van der Waals surface area contributed by atoms with E-state index in [4.69, 9.17) is 0 Å². The van der Waals surface area contributed by atoms with E-state index in [0.29, 0.717) is 21.7 Å². The lowest BCUT2D eigenvalue weighted by Crippen LogP contribution is -2.24. The molecule has 0 unspecified atom stereocenters.